The molecule has 31 heteroatoms. The number of methoxy groups -OCH3 is 1. The predicted octanol–water partition coefficient (Wildman–Crippen LogP) is -11.0. The Balaban J connectivity index is 1.41. The first-order valence-electron chi connectivity index (χ1n) is 22.0. The summed E-state index contributed by atoms with van der Waals surface area (Å²) in [5.41, 5.74) is -0.995. The minimum Gasteiger partial charge on any atom is -0.465 e. The van der Waals surface area contributed by atoms with Crippen molar-refractivity contribution in [3.8, 4) is 0 Å². The van der Waals surface area contributed by atoms with E-state index in [1.165, 1.54) is 0 Å². The van der Waals surface area contributed by atoms with E-state index in [0.29, 0.717) is 0 Å². The third-order valence-electron chi connectivity index (χ3n) is 12.5. The number of carbonyl (C=O) groups is 3. The van der Waals surface area contributed by atoms with Crippen LogP contribution in [0.3, 0.4) is 0 Å². The summed E-state index contributed by atoms with van der Waals surface area (Å²) in [7, 11) is 0.844. The molecule has 70 heavy (non-hydrogen) atoms. The zero-order valence-corrected chi connectivity index (χ0v) is 38.9. The summed E-state index contributed by atoms with van der Waals surface area (Å²) in [6.45, 7) is -2.84. The maximum atomic E-state index is 13.5. The molecule has 0 saturated carbocycles. The minimum atomic E-state index is -2.93. The lowest BCUT2D eigenvalue weighted by Gasteiger charge is -2.51. The first kappa shape index (κ1) is 58.7. The van der Waals surface area contributed by atoms with Gasteiger partial charge < -0.3 is 135 Å². The van der Waals surface area contributed by atoms with Crippen molar-refractivity contribution in [3.05, 3.63) is 0 Å². The number of aliphatic hydroxyl groups excluding tert-OH is 15. The van der Waals surface area contributed by atoms with E-state index < -0.39 is 215 Å². The lowest BCUT2D eigenvalue weighted by Crippen LogP contribution is -2.71. The number of thioether (sulfide) groups is 1. The molecule has 0 aromatic carbocycles. The van der Waals surface area contributed by atoms with Gasteiger partial charge in [-0.3, -0.25) is 9.59 Å². The van der Waals surface area contributed by atoms with E-state index in [2.05, 4.69) is 10.6 Å². The Bertz CT molecular complexity index is 1700. The average molecular weight is 1040 g/mol. The fourth-order valence-electron chi connectivity index (χ4n) is 8.87. The first-order chi connectivity index (χ1) is 33.1. The van der Waals surface area contributed by atoms with Crippen LogP contribution >= 0.6 is 11.8 Å². The van der Waals surface area contributed by atoms with Crippen molar-refractivity contribution < 1.29 is 138 Å². The lowest BCUT2D eigenvalue weighted by molar-refractivity contribution is -0.389. The van der Waals surface area contributed by atoms with E-state index in [4.69, 9.17) is 47.4 Å². The number of hydrogen-bond acceptors (Lipinski definition) is 29. The molecule has 0 radical (unpaired) electrons. The van der Waals surface area contributed by atoms with Crippen LogP contribution in [-0.2, 0) is 61.8 Å². The number of esters is 1. The molecule has 5 saturated heterocycles. The molecule has 5 aliphatic heterocycles. The van der Waals surface area contributed by atoms with E-state index in [1.807, 2.05) is 0 Å². The molecule has 5 fully saturated rings. The van der Waals surface area contributed by atoms with Crippen LogP contribution in [0.2, 0.25) is 0 Å². The van der Waals surface area contributed by atoms with E-state index >= 15 is 0 Å². The number of carbonyl (C=O) groups excluding carboxylic acids is 3. The molecule has 26 atom stereocenters. The van der Waals surface area contributed by atoms with Gasteiger partial charge in [0.05, 0.1) is 52.3 Å². The highest BCUT2D eigenvalue weighted by molar-refractivity contribution is 7.99. The second-order valence-corrected chi connectivity index (χ2v) is 18.2. The molecule has 0 unspecified atom stereocenters. The molecular formula is C39H66N2O28S. The van der Waals surface area contributed by atoms with Crippen molar-refractivity contribution in [2.75, 3.05) is 46.4 Å². The van der Waals surface area contributed by atoms with Crippen molar-refractivity contribution in [3.63, 3.8) is 0 Å². The zero-order chi connectivity index (χ0) is 52.1. The fraction of sp³-hybridized carbons (Fsp3) is 0.923. The third kappa shape index (κ3) is 12.5. The van der Waals surface area contributed by atoms with Crippen molar-refractivity contribution in [2.24, 2.45) is 0 Å². The van der Waals surface area contributed by atoms with Crippen molar-refractivity contribution in [1.29, 1.82) is 0 Å². The van der Waals surface area contributed by atoms with Gasteiger partial charge in [0.1, 0.15) is 121 Å². The molecule has 0 aromatic rings. The SMILES string of the molecule is COC(=O)[C@@]1(O[C@H]2[C@@H](O)[C@@H](CO)O[C@@H](O[C@H]3[C@H](O)[C@@H](NC(C)=O)[C@H](O[C@H]4[C@@H](O)[C@@H](CO)O[C@@H](O[C@H]5[C@H](O)[C@@H](O)[C@H](SC)O[C@@H]5CO)[C@@H]4O)O[C@@H]3CO)[C@@H]2O)C[C@H](O)[C@@H](NC(C)=O)[C@H]([C@H](O)[C@H](O)CO)O1. The standard InChI is InChI=1S/C39H66N2O28S/c1-11(47)40-19-13(49)5-39(38(59)60-3,68-31(19)21(51)14(50)6-42)69-33-23(53)16(8-44)62-36(28(33)58)65-29-17(9-45)63-34(20(24(29)54)41-12(2)48)67-32-22(52)15(7-43)61-35(27(32)57)66-30-18(10-46)64-37(70-4)26(56)25(30)55/h13-37,42-46,49-58H,5-10H2,1-4H3,(H,40,47)(H,41,48)/t13-,14+,15+,16+,17+,18+,19+,20+,21+,22-,23-,24+,25+,26+,27+,28+,29+,30+,31+,32-,33-,34-,35-,36-,37-,39-/m0/s1. The molecule has 5 aliphatic rings. The van der Waals surface area contributed by atoms with E-state index in [9.17, 15) is 91.0 Å². The van der Waals surface area contributed by atoms with Gasteiger partial charge in [0.15, 0.2) is 18.9 Å². The number of amides is 2. The topological polar surface area (TPSA) is 471 Å². The van der Waals surface area contributed by atoms with Gasteiger partial charge in [-0.15, -0.1) is 11.8 Å². The molecule has 0 aliphatic carbocycles. The van der Waals surface area contributed by atoms with Gasteiger partial charge >= 0.3 is 5.97 Å². The Hall–Kier alpha value is -2.20. The van der Waals surface area contributed by atoms with Crippen LogP contribution in [0.25, 0.3) is 0 Å². The molecule has 17 N–H and O–H groups in total. The molecule has 5 rings (SSSR count). The number of nitrogens with one attached hydrogen (secondary N) is 2. The van der Waals surface area contributed by atoms with Gasteiger partial charge in [-0.05, 0) is 6.26 Å². The maximum Gasteiger partial charge on any atom is 0.366 e. The number of hydrogen-bond donors (Lipinski definition) is 17. The van der Waals surface area contributed by atoms with Crippen LogP contribution in [-0.4, -0.2) is 299 Å². The molecule has 30 nitrogen and oxygen atoms in total. The summed E-state index contributed by atoms with van der Waals surface area (Å²) in [6.07, 6.45) is -41.2. The van der Waals surface area contributed by atoms with Crippen LogP contribution in [0.1, 0.15) is 20.3 Å². The second kappa shape index (κ2) is 25.4. The molecule has 0 aromatic heterocycles. The summed E-state index contributed by atoms with van der Waals surface area (Å²) in [5, 5.41) is 167. The molecule has 2 amide bonds. The Labute approximate surface area is 402 Å². The van der Waals surface area contributed by atoms with Crippen molar-refractivity contribution in [1.82, 2.24) is 10.6 Å². The van der Waals surface area contributed by atoms with Crippen LogP contribution in [0.15, 0.2) is 0 Å². The van der Waals surface area contributed by atoms with Crippen LogP contribution in [0.4, 0.5) is 0 Å². The lowest BCUT2D eigenvalue weighted by atomic mass is 9.88. The Morgan fingerprint density at radius 3 is 1.59 bits per heavy atom. The van der Waals surface area contributed by atoms with Crippen molar-refractivity contribution in [2.45, 2.75) is 178 Å². The molecule has 0 spiro atoms. The maximum absolute atomic E-state index is 13.5. The van der Waals surface area contributed by atoms with Gasteiger partial charge in [-0.2, -0.15) is 0 Å². The number of ether oxygens (including phenoxy) is 10. The first-order valence-corrected chi connectivity index (χ1v) is 23.3. The van der Waals surface area contributed by atoms with Crippen LogP contribution in [0, 0.1) is 0 Å². The van der Waals surface area contributed by atoms with Gasteiger partial charge in [-0.1, -0.05) is 0 Å². The molecule has 5 heterocycles. The summed E-state index contributed by atoms with van der Waals surface area (Å²) >= 11 is 1.02. The zero-order valence-electron chi connectivity index (χ0n) is 38.1. The summed E-state index contributed by atoms with van der Waals surface area (Å²) < 4.78 is 56.9. The smallest absolute Gasteiger partial charge is 0.366 e. The predicted molar refractivity (Wildman–Crippen MR) is 223 cm³/mol. The second-order valence-electron chi connectivity index (χ2n) is 17.2. The van der Waals surface area contributed by atoms with Crippen LogP contribution < -0.4 is 10.6 Å². The van der Waals surface area contributed by atoms with Gasteiger partial charge in [0.2, 0.25) is 11.8 Å². The summed E-state index contributed by atoms with van der Waals surface area (Å²) in [6, 6.07) is -3.36. The highest BCUT2D eigenvalue weighted by Crippen LogP contribution is 2.40. The Morgan fingerprint density at radius 1 is 0.614 bits per heavy atom. The van der Waals surface area contributed by atoms with Gasteiger partial charge in [0.25, 0.3) is 5.79 Å². The highest BCUT2D eigenvalue weighted by atomic mass is 32.2. The molecular weight excluding hydrogens is 976 g/mol. The summed E-state index contributed by atoms with van der Waals surface area (Å²) in [5.74, 6) is -6.01. The monoisotopic (exact) mass is 1040 g/mol. The minimum absolute atomic E-state index is 0.742. The Kier molecular flexibility index (Phi) is 21.3. The molecule has 0 bridgehead atoms. The van der Waals surface area contributed by atoms with E-state index in [-0.39, 0.29) is 0 Å². The number of rotatable bonds is 19. The number of aliphatic hydroxyl groups is 15. The van der Waals surface area contributed by atoms with Gasteiger partial charge in [-0.25, -0.2) is 4.79 Å². The summed E-state index contributed by atoms with van der Waals surface area (Å²) in [4.78, 5) is 38.2. The quantitative estimate of drug-likeness (QED) is 0.0534. The third-order valence-corrected chi connectivity index (χ3v) is 13.3. The van der Waals surface area contributed by atoms with Gasteiger partial charge in [0, 0.05) is 20.3 Å². The normalized spacial score (nSPS) is 45.6. The highest BCUT2D eigenvalue weighted by Gasteiger charge is 2.61. The molecule has 406 valence electrons. The average Bonchev–Trinajstić information content (AvgIpc) is 3.33. The fourth-order valence-corrected chi connectivity index (χ4v) is 9.56. The van der Waals surface area contributed by atoms with E-state index in [1.54, 1.807) is 6.26 Å². The van der Waals surface area contributed by atoms with Crippen LogP contribution in [0.5, 0.6) is 0 Å². The van der Waals surface area contributed by atoms with E-state index in [0.717, 1.165) is 32.7 Å². The Morgan fingerprint density at radius 2 is 1.09 bits per heavy atom. The largest absolute Gasteiger partial charge is 0.465 e. The van der Waals surface area contributed by atoms with Crippen molar-refractivity contribution >= 4 is 29.5 Å².